The third-order valence-corrected chi connectivity index (χ3v) is 3.81. The maximum Gasteiger partial charge on any atom is 0.240 e. The molecule has 1 N–H and O–H groups in total. The van der Waals surface area contributed by atoms with Crippen LogP contribution in [0.2, 0.25) is 0 Å². The molecule has 1 heterocycles. The molecule has 19 heavy (non-hydrogen) atoms. The number of hydrogen-bond donors (Lipinski definition) is 1. The molecule has 4 nitrogen and oxygen atoms in total. The maximum atomic E-state index is 12.3. The topological polar surface area (TPSA) is 65.8 Å². The van der Waals surface area contributed by atoms with Gasteiger partial charge in [0, 0.05) is 18.9 Å². The lowest BCUT2D eigenvalue weighted by atomic mass is 9.81. The van der Waals surface area contributed by atoms with Crippen LogP contribution in [0.15, 0.2) is 24.5 Å². The molecule has 1 aromatic heterocycles. The van der Waals surface area contributed by atoms with Crippen LogP contribution >= 0.6 is 0 Å². The molecule has 4 heteroatoms. The van der Waals surface area contributed by atoms with Gasteiger partial charge < -0.3 is 5.32 Å². The Morgan fingerprint density at radius 2 is 1.89 bits per heavy atom. The van der Waals surface area contributed by atoms with Gasteiger partial charge in [0.25, 0.3) is 0 Å². The number of carbonyl (C=O) groups is 1. The smallest absolute Gasteiger partial charge is 0.240 e. The lowest BCUT2D eigenvalue weighted by molar-refractivity contribution is -0.129. The van der Waals surface area contributed by atoms with Gasteiger partial charge in [-0.15, -0.1) is 0 Å². The zero-order valence-corrected chi connectivity index (χ0v) is 11.1. The van der Waals surface area contributed by atoms with Crippen LogP contribution in [0.1, 0.15) is 44.1 Å². The number of nitriles is 1. The van der Waals surface area contributed by atoms with Gasteiger partial charge in [0.1, 0.15) is 5.41 Å². The first kappa shape index (κ1) is 13.5. The van der Waals surface area contributed by atoms with Crippen molar-refractivity contribution in [3.05, 3.63) is 30.1 Å². The van der Waals surface area contributed by atoms with Crippen molar-refractivity contribution in [2.24, 2.45) is 5.41 Å². The molecule has 0 saturated heterocycles. The van der Waals surface area contributed by atoms with E-state index in [1.807, 2.05) is 12.1 Å². The molecule has 0 aromatic carbocycles. The van der Waals surface area contributed by atoms with Gasteiger partial charge in [-0.3, -0.25) is 9.78 Å². The molecule has 1 aliphatic carbocycles. The number of aromatic nitrogens is 1. The minimum absolute atomic E-state index is 0.117. The van der Waals surface area contributed by atoms with Crippen LogP contribution in [-0.2, 0) is 11.3 Å². The van der Waals surface area contributed by atoms with Crippen LogP contribution in [0.25, 0.3) is 0 Å². The van der Waals surface area contributed by atoms with Crippen LogP contribution in [0, 0.1) is 16.7 Å². The molecular formula is C15H19N3O. The van der Waals surface area contributed by atoms with Crippen LogP contribution in [0.5, 0.6) is 0 Å². The van der Waals surface area contributed by atoms with Gasteiger partial charge in [-0.05, 0) is 30.5 Å². The van der Waals surface area contributed by atoms with Crippen LogP contribution in [-0.4, -0.2) is 10.9 Å². The standard InChI is InChI=1S/C15H19N3O/c16-12-15(7-3-1-2-4-8-15)14(19)18-11-13-5-9-17-10-6-13/h5-6,9-10H,1-4,7-8,11H2,(H,18,19). The predicted molar refractivity (Wildman–Crippen MR) is 71.8 cm³/mol. The summed E-state index contributed by atoms with van der Waals surface area (Å²) in [7, 11) is 0. The number of rotatable bonds is 3. The Kier molecular flexibility index (Phi) is 4.51. The summed E-state index contributed by atoms with van der Waals surface area (Å²) in [5.74, 6) is -0.117. The van der Waals surface area contributed by atoms with Crippen LogP contribution < -0.4 is 5.32 Å². The van der Waals surface area contributed by atoms with E-state index < -0.39 is 5.41 Å². The van der Waals surface area contributed by atoms with Gasteiger partial charge in [-0.25, -0.2) is 0 Å². The normalized spacial score (nSPS) is 18.1. The Balaban J connectivity index is 1.99. The molecule has 1 saturated carbocycles. The molecule has 0 aliphatic heterocycles. The summed E-state index contributed by atoms with van der Waals surface area (Å²) < 4.78 is 0. The average molecular weight is 257 g/mol. The molecule has 0 bridgehead atoms. The summed E-state index contributed by atoms with van der Waals surface area (Å²) in [6.45, 7) is 0.463. The lowest BCUT2D eigenvalue weighted by Gasteiger charge is -2.23. The van der Waals surface area contributed by atoms with E-state index in [-0.39, 0.29) is 5.91 Å². The third kappa shape index (κ3) is 3.31. The van der Waals surface area contributed by atoms with Gasteiger partial charge in [-0.2, -0.15) is 5.26 Å². The van der Waals surface area contributed by atoms with E-state index >= 15 is 0 Å². The summed E-state index contributed by atoms with van der Waals surface area (Å²) in [5.41, 5.74) is 0.189. The number of pyridine rings is 1. The van der Waals surface area contributed by atoms with Crippen molar-refractivity contribution in [1.82, 2.24) is 10.3 Å². The Labute approximate surface area is 113 Å². The zero-order chi connectivity index (χ0) is 13.6. The van der Waals surface area contributed by atoms with Gasteiger partial charge >= 0.3 is 0 Å². The number of nitrogens with one attached hydrogen (secondary N) is 1. The van der Waals surface area contributed by atoms with Crippen LogP contribution in [0.4, 0.5) is 0 Å². The minimum atomic E-state index is -0.816. The van der Waals surface area contributed by atoms with Crippen molar-refractivity contribution in [3.63, 3.8) is 0 Å². The summed E-state index contributed by atoms with van der Waals surface area (Å²) >= 11 is 0. The highest BCUT2D eigenvalue weighted by Gasteiger charge is 2.38. The van der Waals surface area contributed by atoms with Crippen LogP contribution in [0.3, 0.4) is 0 Å². The van der Waals surface area contributed by atoms with E-state index in [0.29, 0.717) is 19.4 Å². The second kappa shape index (κ2) is 6.33. The maximum absolute atomic E-state index is 12.3. The SMILES string of the molecule is N#CC1(C(=O)NCc2ccncc2)CCCCCC1. The Morgan fingerprint density at radius 1 is 1.26 bits per heavy atom. The highest BCUT2D eigenvalue weighted by Crippen LogP contribution is 2.34. The second-order valence-electron chi connectivity index (χ2n) is 5.15. The molecule has 0 atom stereocenters. The van der Waals surface area contributed by atoms with E-state index in [0.717, 1.165) is 31.2 Å². The number of nitrogens with zero attached hydrogens (tertiary/aromatic N) is 2. The first-order valence-electron chi connectivity index (χ1n) is 6.85. The van der Waals surface area contributed by atoms with Crippen molar-refractivity contribution in [3.8, 4) is 6.07 Å². The molecule has 1 amide bonds. The predicted octanol–water partition coefficient (Wildman–Crippen LogP) is 2.56. The third-order valence-electron chi connectivity index (χ3n) is 3.81. The molecule has 1 fully saturated rings. The Bertz CT molecular complexity index is 456. The molecule has 100 valence electrons. The van der Waals surface area contributed by atoms with Crippen molar-refractivity contribution in [1.29, 1.82) is 5.26 Å². The highest BCUT2D eigenvalue weighted by molar-refractivity contribution is 5.85. The van der Waals surface area contributed by atoms with Gasteiger partial charge in [0.05, 0.1) is 6.07 Å². The molecule has 1 aliphatic rings. The molecule has 0 radical (unpaired) electrons. The quantitative estimate of drug-likeness (QED) is 0.846. The first-order chi connectivity index (χ1) is 9.27. The molecule has 2 rings (SSSR count). The largest absolute Gasteiger partial charge is 0.351 e. The number of carbonyl (C=O) groups excluding carboxylic acids is 1. The summed E-state index contributed by atoms with van der Waals surface area (Å²) in [6.07, 6.45) is 8.96. The fourth-order valence-electron chi connectivity index (χ4n) is 2.57. The Hall–Kier alpha value is -1.89. The van der Waals surface area contributed by atoms with E-state index in [9.17, 15) is 10.1 Å². The lowest BCUT2D eigenvalue weighted by Crippen LogP contribution is -2.39. The zero-order valence-electron chi connectivity index (χ0n) is 11.1. The van der Waals surface area contributed by atoms with Crippen molar-refractivity contribution in [2.45, 2.75) is 45.1 Å². The molecule has 0 unspecified atom stereocenters. The fourth-order valence-corrected chi connectivity index (χ4v) is 2.57. The second-order valence-corrected chi connectivity index (χ2v) is 5.15. The average Bonchev–Trinajstić information content (AvgIpc) is 2.72. The monoisotopic (exact) mass is 257 g/mol. The van der Waals surface area contributed by atoms with E-state index in [2.05, 4.69) is 16.4 Å². The van der Waals surface area contributed by atoms with E-state index in [1.54, 1.807) is 12.4 Å². The number of hydrogen-bond acceptors (Lipinski definition) is 3. The Morgan fingerprint density at radius 3 is 2.47 bits per heavy atom. The van der Waals surface area contributed by atoms with E-state index in [1.165, 1.54) is 0 Å². The molecule has 0 spiro atoms. The molecular weight excluding hydrogens is 238 g/mol. The summed E-state index contributed by atoms with van der Waals surface area (Å²) in [5, 5.41) is 12.3. The van der Waals surface area contributed by atoms with Gasteiger partial charge in [0.15, 0.2) is 0 Å². The van der Waals surface area contributed by atoms with Crippen molar-refractivity contribution >= 4 is 5.91 Å². The van der Waals surface area contributed by atoms with Gasteiger partial charge in [-0.1, -0.05) is 25.7 Å². The number of amides is 1. The first-order valence-corrected chi connectivity index (χ1v) is 6.85. The van der Waals surface area contributed by atoms with Crippen molar-refractivity contribution < 1.29 is 4.79 Å². The summed E-state index contributed by atoms with van der Waals surface area (Å²) in [4.78, 5) is 16.3. The van der Waals surface area contributed by atoms with E-state index in [4.69, 9.17) is 0 Å². The van der Waals surface area contributed by atoms with Gasteiger partial charge in [0.2, 0.25) is 5.91 Å². The fraction of sp³-hybridized carbons (Fsp3) is 0.533. The minimum Gasteiger partial charge on any atom is -0.351 e. The van der Waals surface area contributed by atoms with Crippen molar-refractivity contribution in [2.75, 3.05) is 0 Å². The molecule has 1 aromatic rings. The highest BCUT2D eigenvalue weighted by atomic mass is 16.2. The summed E-state index contributed by atoms with van der Waals surface area (Å²) in [6, 6.07) is 6.00.